The van der Waals surface area contributed by atoms with E-state index >= 15 is 0 Å². The maximum atomic E-state index is 13.7. The Bertz CT molecular complexity index is 1550. The molecule has 0 aliphatic heterocycles. The highest BCUT2D eigenvalue weighted by Gasteiger charge is 2.26. The quantitative estimate of drug-likeness (QED) is 0.356. The standard InChI is InChI=1S/C24H20ClN5O2S/c1-17-6-5-9-19-14-20(24-26-27-28-30(24)23(17)19)16-29(15-18-7-3-2-4-8-18)33(31,32)22-12-10-21(25)11-13-22/h2-14H,15-16H2,1H3. The van der Waals surface area contributed by atoms with Crippen LogP contribution in [-0.2, 0) is 23.1 Å². The molecule has 0 amide bonds. The summed E-state index contributed by atoms with van der Waals surface area (Å²) in [4.78, 5) is 0.176. The predicted octanol–water partition coefficient (Wildman–Crippen LogP) is 4.63. The summed E-state index contributed by atoms with van der Waals surface area (Å²) in [6, 6.07) is 23.6. The lowest BCUT2D eigenvalue weighted by Gasteiger charge is -2.23. The molecular formula is C24H20ClN5O2S. The van der Waals surface area contributed by atoms with Gasteiger partial charge in [0.15, 0.2) is 5.65 Å². The second-order valence-corrected chi connectivity index (χ2v) is 10.2. The molecule has 0 aliphatic rings. The van der Waals surface area contributed by atoms with Gasteiger partial charge >= 0.3 is 0 Å². The number of benzene rings is 3. The number of aryl methyl sites for hydroxylation is 1. The maximum absolute atomic E-state index is 13.7. The van der Waals surface area contributed by atoms with Crippen molar-refractivity contribution in [2.75, 3.05) is 0 Å². The van der Waals surface area contributed by atoms with Crippen LogP contribution in [-0.4, -0.2) is 32.8 Å². The third-order valence-corrected chi connectivity index (χ3v) is 7.62. The normalized spacial score (nSPS) is 12.1. The molecule has 5 aromatic rings. The lowest BCUT2D eigenvalue weighted by molar-refractivity contribution is 0.402. The van der Waals surface area contributed by atoms with E-state index in [9.17, 15) is 8.42 Å². The first-order chi connectivity index (χ1) is 15.9. The lowest BCUT2D eigenvalue weighted by Crippen LogP contribution is -2.30. The van der Waals surface area contributed by atoms with Crippen LogP contribution in [0.3, 0.4) is 0 Å². The summed E-state index contributed by atoms with van der Waals surface area (Å²) in [5.74, 6) is 0. The molecule has 0 saturated heterocycles. The number of fused-ring (bicyclic) bond motifs is 3. The van der Waals surface area contributed by atoms with Crippen molar-refractivity contribution in [1.82, 2.24) is 24.3 Å². The number of sulfonamides is 1. The summed E-state index contributed by atoms with van der Waals surface area (Å²) in [6.45, 7) is 2.30. The summed E-state index contributed by atoms with van der Waals surface area (Å²) in [7, 11) is -3.83. The van der Waals surface area contributed by atoms with Gasteiger partial charge in [-0.3, -0.25) is 0 Å². The first-order valence-electron chi connectivity index (χ1n) is 10.3. The van der Waals surface area contributed by atoms with Gasteiger partial charge in [0.1, 0.15) is 0 Å². The smallest absolute Gasteiger partial charge is 0.207 e. The highest BCUT2D eigenvalue weighted by molar-refractivity contribution is 7.89. The molecule has 0 radical (unpaired) electrons. The second-order valence-electron chi connectivity index (χ2n) is 7.81. The molecule has 0 fully saturated rings. The number of tetrazole rings is 1. The van der Waals surface area contributed by atoms with Crippen molar-refractivity contribution in [3.63, 3.8) is 0 Å². The molecule has 0 spiro atoms. The van der Waals surface area contributed by atoms with Crippen molar-refractivity contribution >= 4 is 38.2 Å². The number of hydrogen-bond donors (Lipinski definition) is 0. The Labute approximate surface area is 196 Å². The molecule has 0 N–H and O–H groups in total. The van der Waals surface area contributed by atoms with E-state index in [4.69, 9.17) is 11.6 Å². The molecule has 166 valence electrons. The van der Waals surface area contributed by atoms with E-state index in [1.54, 1.807) is 16.6 Å². The molecular weight excluding hydrogens is 458 g/mol. The van der Waals surface area contributed by atoms with Gasteiger partial charge in [0.25, 0.3) is 0 Å². The zero-order valence-corrected chi connectivity index (χ0v) is 19.3. The lowest BCUT2D eigenvalue weighted by atomic mass is 10.1. The van der Waals surface area contributed by atoms with Crippen LogP contribution >= 0.6 is 11.6 Å². The molecule has 33 heavy (non-hydrogen) atoms. The Morgan fingerprint density at radius 3 is 2.45 bits per heavy atom. The average Bonchev–Trinajstić information content (AvgIpc) is 3.30. The first-order valence-corrected chi connectivity index (χ1v) is 12.1. The maximum Gasteiger partial charge on any atom is 0.243 e. The summed E-state index contributed by atoms with van der Waals surface area (Å²) in [5.41, 5.74) is 4.05. The van der Waals surface area contributed by atoms with Gasteiger partial charge < -0.3 is 0 Å². The van der Waals surface area contributed by atoms with Gasteiger partial charge in [-0.05, 0) is 58.8 Å². The van der Waals surface area contributed by atoms with Gasteiger partial charge in [-0.15, -0.1) is 5.10 Å². The summed E-state index contributed by atoms with van der Waals surface area (Å²) < 4.78 is 30.5. The number of para-hydroxylation sites is 1. The summed E-state index contributed by atoms with van der Waals surface area (Å²) >= 11 is 5.99. The minimum absolute atomic E-state index is 0.105. The Hall–Kier alpha value is -3.33. The minimum atomic E-state index is -3.83. The van der Waals surface area contributed by atoms with E-state index in [-0.39, 0.29) is 18.0 Å². The van der Waals surface area contributed by atoms with Crippen LogP contribution in [0.2, 0.25) is 5.02 Å². The van der Waals surface area contributed by atoms with Crippen molar-refractivity contribution in [2.45, 2.75) is 24.9 Å². The van der Waals surface area contributed by atoms with Gasteiger partial charge in [0, 0.05) is 29.1 Å². The van der Waals surface area contributed by atoms with Crippen LogP contribution in [0.5, 0.6) is 0 Å². The highest BCUT2D eigenvalue weighted by Crippen LogP contribution is 2.27. The molecule has 0 unspecified atom stereocenters. The number of rotatable bonds is 6. The fraction of sp³-hybridized carbons (Fsp3) is 0.125. The van der Waals surface area contributed by atoms with E-state index in [0.29, 0.717) is 16.2 Å². The Morgan fingerprint density at radius 2 is 1.70 bits per heavy atom. The van der Waals surface area contributed by atoms with E-state index in [0.717, 1.165) is 22.0 Å². The van der Waals surface area contributed by atoms with Crippen LogP contribution in [0.25, 0.3) is 16.6 Å². The summed E-state index contributed by atoms with van der Waals surface area (Å²) in [5, 5.41) is 13.6. The first kappa shape index (κ1) is 21.5. The topological polar surface area (TPSA) is 80.5 Å². The molecule has 0 saturated carbocycles. The molecule has 2 heterocycles. The van der Waals surface area contributed by atoms with Crippen LogP contribution < -0.4 is 0 Å². The molecule has 7 nitrogen and oxygen atoms in total. The van der Waals surface area contributed by atoms with Crippen molar-refractivity contribution in [3.05, 3.63) is 101 Å². The van der Waals surface area contributed by atoms with Crippen LogP contribution in [0.15, 0.2) is 83.8 Å². The number of pyridine rings is 1. The number of aromatic nitrogens is 4. The summed E-state index contributed by atoms with van der Waals surface area (Å²) in [6.07, 6.45) is 0. The van der Waals surface area contributed by atoms with Gasteiger partial charge in [0.2, 0.25) is 10.0 Å². The third-order valence-electron chi connectivity index (χ3n) is 5.57. The number of hydrogen-bond acceptors (Lipinski definition) is 5. The van der Waals surface area contributed by atoms with Gasteiger partial charge in [-0.25, -0.2) is 8.42 Å². The molecule has 0 bridgehead atoms. The molecule has 9 heteroatoms. The molecule has 5 rings (SSSR count). The van der Waals surface area contributed by atoms with Crippen molar-refractivity contribution < 1.29 is 8.42 Å². The van der Waals surface area contributed by atoms with E-state index < -0.39 is 10.0 Å². The second kappa shape index (κ2) is 8.55. The molecule has 0 atom stereocenters. The SMILES string of the molecule is Cc1cccc2cc(CN(Cc3ccccc3)S(=O)(=O)c3ccc(Cl)cc3)c3nnnn3c12. The Morgan fingerprint density at radius 1 is 0.939 bits per heavy atom. The Kier molecular flexibility index (Phi) is 5.57. The van der Waals surface area contributed by atoms with E-state index in [2.05, 4.69) is 15.5 Å². The monoisotopic (exact) mass is 477 g/mol. The zero-order valence-electron chi connectivity index (χ0n) is 17.8. The minimum Gasteiger partial charge on any atom is -0.207 e. The zero-order chi connectivity index (χ0) is 23.0. The predicted molar refractivity (Wildman–Crippen MR) is 127 cm³/mol. The largest absolute Gasteiger partial charge is 0.243 e. The van der Waals surface area contributed by atoms with Gasteiger partial charge in [-0.1, -0.05) is 60.1 Å². The Balaban J connectivity index is 1.64. The van der Waals surface area contributed by atoms with Crippen molar-refractivity contribution in [3.8, 4) is 0 Å². The van der Waals surface area contributed by atoms with Gasteiger partial charge in [0.05, 0.1) is 10.4 Å². The van der Waals surface area contributed by atoms with Crippen LogP contribution in [0.4, 0.5) is 0 Å². The fourth-order valence-electron chi connectivity index (χ4n) is 3.95. The average molecular weight is 478 g/mol. The highest BCUT2D eigenvalue weighted by atomic mass is 35.5. The molecule has 0 aliphatic carbocycles. The molecule has 2 aromatic heterocycles. The van der Waals surface area contributed by atoms with Crippen molar-refractivity contribution in [2.24, 2.45) is 0 Å². The third kappa shape index (κ3) is 4.08. The molecule has 3 aromatic carbocycles. The van der Waals surface area contributed by atoms with Crippen LogP contribution in [0.1, 0.15) is 16.7 Å². The fourth-order valence-corrected chi connectivity index (χ4v) is 5.48. The number of halogens is 1. The van der Waals surface area contributed by atoms with Crippen molar-refractivity contribution in [1.29, 1.82) is 0 Å². The van der Waals surface area contributed by atoms with Crippen LogP contribution in [0, 0.1) is 6.92 Å². The number of nitrogens with zero attached hydrogens (tertiary/aromatic N) is 5. The van der Waals surface area contributed by atoms with E-state index in [1.165, 1.54) is 16.4 Å². The van der Waals surface area contributed by atoms with Gasteiger partial charge in [-0.2, -0.15) is 8.82 Å². The van der Waals surface area contributed by atoms with E-state index in [1.807, 2.05) is 61.5 Å².